The fourth-order valence-electron chi connectivity index (χ4n) is 2.07. The van der Waals surface area contributed by atoms with Crippen LogP contribution in [0.25, 0.3) is 0 Å². The predicted octanol–water partition coefficient (Wildman–Crippen LogP) is 3.59. The maximum Gasteiger partial charge on any atom is 0.243 e. The van der Waals surface area contributed by atoms with Gasteiger partial charge in [0.25, 0.3) is 0 Å². The first-order valence-electron chi connectivity index (χ1n) is 7.68. The second-order valence-electron chi connectivity index (χ2n) is 5.65. The molecule has 0 aliphatic heterocycles. The Hall–Kier alpha value is -1.83. The Kier molecular flexibility index (Phi) is 7.25. The molecule has 9 heteroatoms. The molecule has 0 atom stereocenters. The number of hydrogen-bond acceptors (Lipinski definition) is 5. The molecule has 1 N–H and O–H groups in total. The highest BCUT2D eigenvalue weighted by Gasteiger charge is 2.15. The third-order valence-electron chi connectivity index (χ3n) is 3.30. The lowest BCUT2D eigenvalue weighted by Crippen LogP contribution is -2.36. The molecule has 0 aliphatic carbocycles. The van der Waals surface area contributed by atoms with Crippen molar-refractivity contribution < 1.29 is 9.59 Å². The topological polar surface area (TPSA) is 75.2 Å². The summed E-state index contributed by atoms with van der Waals surface area (Å²) in [6, 6.07) is 6.65. The van der Waals surface area contributed by atoms with E-state index in [2.05, 4.69) is 15.3 Å². The molecule has 0 aliphatic rings. The van der Waals surface area contributed by atoms with Gasteiger partial charge in [-0.2, -0.15) is 0 Å². The van der Waals surface area contributed by atoms with Gasteiger partial charge in [0, 0.05) is 24.1 Å². The molecule has 1 aromatic heterocycles. The molecule has 1 heterocycles. The number of anilines is 1. The minimum Gasteiger partial charge on any atom is -0.336 e. The number of benzene rings is 1. The van der Waals surface area contributed by atoms with Crippen LogP contribution in [-0.4, -0.2) is 46.0 Å². The molecule has 0 radical (unpaired) electrons. The Morgan fingerprint density at radius 1 is 1.12 bits per heavy atom. The van der Waals surface area contributed by atoms with E-state index in [1.165, 1.54) is 16.7 Å². The van der Waals surface area contributed by atoms with Crippen molar-refractivity contribution in [1.29, 1.82) is 0 Å². The van der Waals surface area contributed by atoms with Crippen molar-refractivity contribution in [2.24, 2.45) is 0 Å². The number of thioether (sulfide) groups is 1. The van der Waals surface area contributed by atoms with Crippen LogP contribution in [0.5, 0.6) is 0 Å². The molecule has 0 fully saturated rings. The molecule has 0 spiro atoms. The van der Waals surface area contributed by atoms with Crippen LogP contribution < -0.4 is 5.32 Å². The van der Waals surface area contributed by atoms with E-state index < -0.39 is 0 Å². The van der Waals surface area contributed by atoms with Gasteiger partial charge in [-0.05, 0) is 38.1 Å². The fourth-order valence-corrected chi connectivity index (χ4v) is 3.26. The zero-order valence-electron chi connectivity index (χ0n) is 14.5. The first kappa shape index (κ1) is 20.5. The number of halogens is 2. The molecule has 0 saturated heterocycles. The van der Waals surface area contributed by atoms with Crippen molar-refractivity contribution in [2.45, 2.75) is 19.0 Å². The number of nitrogens with zero attached hydrogens (tertiary/aromatic N) is 3. The molecule has 2 amide bonds. The van der Waals surface area contributed by atoms with Gasteiger partial charge in [-0.3, -0.25) is 9.59 Å². The van der Waals surface area contributed by atoms with Crippen molar-refractivity contribution in [3.8, 4) is 0 Å². The molecule has 6 nitrogen and oxygen atoms in total. The van der Waals surface area contributed by atoms with Crippen LogP contribution in [0.3, 0.4) is 0 Å². The predicted molar refractivity (Wildman–Crippen MR) is 105 cm³/mol. The van der Waals surface area contributed by atoms with Crippen LogP contribution in [0.15, 0.2) is 29.4 Å². The average molecular weight is 413 g/mol. The summed E-state index contributed by atoms with van der Waals surface area (Å²) < 4.78 is 0. The first-order chi connectivity index (χ1) is 12.2. The monoisotopic (exact) mass is 412 g/mol. The van der Waals surface area contributed by atoms with Crippen LogP contribution in [0.2, 0.25) is 10.0 Å². The lowest BCUT2D eigenvalue weighted by molar-refractivity contribution is -0.131. The largest absolute Gasteiger partial charge is 0.336 e. The highest BCUT2D eigenvalue weighted by molar-refractivity contribution is 7.99. The average Bonchev–Trinajstić information content (AvgIpc) is 2.55. The van der Waals surface area contributed by atoms with Crippen molar-refractivity contribution in [3.63, 3.8) is 0 Å². The zero-order chi connectivity index (χ0) is 19.3. The summed E-state index contributed by atoms with van der Waals surface area (Å²) in [6.07, 6.45) is 0. The van der Waals surface area contributed by atoms with E-state index in [0.29, 0.717) is 20.9 Å². The molecular formula is C17H18Cl2N4O2S. The van der Waals surface area contributed by atoms with E-state index in [1.54, 1.807) is 25.2 Å². The van der Waals surface area contributed by atoms with Gasteiger partial charge in [-0.25, -0.2) is 9.97 Å². The van der Waals surface area contributed by atoms with Gasteiger partial charge in [0.05, 0.1) is 22.3 Å². The van der Waals surface area contributed by atoms with Crippen molar-refractivity contribution >= 4 is 52.5 Å². The second kappa shape index (κ2) is 9.21. The third-order valence-corrected chi connectivity index (χ3v) is 4.87. The van der Waals surface area contributed by atoms with Crippen molar-refractivity contribution in [1.82, 2.24) is 14.9 Å². The van der Waals surface area contributed by atoms with Gasteiger partial charge in [-0.15, -0.1) is 0 Å². The molecule has 1 aromatic carbocycles. The van der Waals surface area contributed by atoms with Gasteiger partial charge < -0.3 is 10.2 Å². The standard InChI is InChI=1S/C17H18Cl2N4O2S/c1-10-6-11(2)21-17(20-10)26-9-16(25)23(3)8-15(24)22-12-4-5-13(18)14(19)7-12/h4-7H,8-9H2,1-3H3,(H,22,24). The zero-order valence-corrected chi connectivity index (χ0v) is 16.9. The normalized spacial score (nSPS) is 10.5. The van der Waals surface area contributed by atoms with E-state index in [9.17, 15) is 9.59 Å². The van der Waals surface area contributed by atoms with Gasteiger partial charge in [0.1, 0.15) is 0 Å². The minimum atomic E-state index is -0.327. The number of likely N-dealkylation sites (N-methyl/N-ethyl adjacent to an activating group) is 1. The van der Waals surface area contributed by atoms with E-state index in [4.69, 9.17) is 23.2 Å². The van der Waals surface area contributed by atoms with Crippen molar-refractivity contribution in [3.05, 3.63) is 45.7 Å². The summed E-state index contributed by atoms with van der Waals surface area (Å²) >= 11 is 13.0. The quantitative estimate of drug-likeness (QED) is 0.579. The Bertz CT molecular complexity index is 812. The van der Waals surface area contributed by atoms with Crippen LogP contribution in [-0.2, 0) is 9.59 Å². The van der Waals surface area contributed by atoms with E-state index >= 15 is 0 Å². The summed E-state index contributed by atoms with van der Waals surface area (Å²) in [5, 5.41) is 3.97. The molecule has 0 unspecified atom stereocenters. The number of carbonyl (C=O) groups is 2. The molecule has 0 saturated carbocycles. The Morgan fingerprint density at radius 3 is 2.38 bits per heavy atom. The van der Waals surface area contributed by atoms with E-state index in [1.807, 2.05) is 19.9 Å². The molecule has 2 rings (SSSR count). The summed E-state index contributed by atoms with van der Waals surface area (Å²) in [5.41, 5.74) is 2.21. The van der Waals surface area contributed by atoms with Gasteiger partial charge >= 0.3 is 0 Å². The molecule has 26 heavy (non-hydrogen) atoms. The SMILES string of the molecule is Cc1cc(C)nc(SCC(=O)N(C)CC(=O)Nc2ccc(Cl)c(Cl)c2)n1. The summed E-state index contributed by atoms with van der Waals surface area (Å²) in [4.78, 5) is 34.2. The maximum absolute atomic E-state index is 12.2. The smallest absolute Gasteiger partial charge is 0.243 e. The Balaban J connectivity index is 1.85. The Morgan fingerprint density at radius 2 is 1.77 bits per heavy atom. The maximum atomic E-state index is 12.2. The number of hydrogen-bond donors (Lipinski definition) is 1. The molecule has 2 aromatic rings. The highest BCUT2D eigenvalue weighted by Crippen LogP contribution is 2.25. The second-order valence-corrected chi connectivity index (χ2v) is 7.41. The van der Waals surface area contributed by atoms with Crippen LogP contribution in [0.1, 0.15) is 11.4 Å². The first-order valence-corrected chi connectivity index (χ1v) is 9.42. The third kappa shape index (κ3) is 6.16. The van der Waals surface area contributed by atoms with E-state index in [0.717, 1.165) is 11.4 Å². The summed E-state index contributed by atoms with van der Waals surface area (Å²) in [7, 11) is 1.57. The van der Waals surface area contributed by atoms with Crippen LogP contribution >= 0.6 is 35.0 Å². The van der Waals surface area contributed by atoms with Crippen molar-refractivity contribution in [2.75, 3.05) is 24.7 Å². The molecule has 0 bridgehead atoms. The summed E-state index contributed by atoms with van der Waals surface area (Å²) in [5.74, 6) is -0.367. The van der Waals surface area contributed by atoms with Gasteiger partial charge in [0.15, 0.2) is 5.16 Å². The molecular weight excluding hydrogens is 395 g/mol. The Labute approximate surface area is 166 Å². The highest BCUT2D eigenvalue weighted by atomic mass is 35.5. The summed E-state index contributed by atoms with van der Waals surface area (Å²) in [6.45, 7) is 3.67. The molecule has 138 valence electrons. The number of carbonyl (C=O) groups excluding carboxylic acids is 2. The van der Waals surface area contributed by atoms with Crippen LogP contribution in [0, 0.1) is 13.8 Å². The minimum absolute atomic E-state index is 0.0761. The number of amides is 2. The lowest BCUT2D eigenvalue weighted by atomic mass is 10.3. The number of aryl methyl sites for hydroxylation is 2. The number of nitrogens with one attached hydrogen (secondary N) is 1. The number of aromatic nitrogens is 2. The van der Waals surface area contributed by atoms with E-state index in [-0.39, 0.29) is 24.1 Å². The lowest BCUT2D eigenvalue weighted by Gasteiger charge is -2.16. The number of rotatable bonds is 6. The van der Waals surface area contributed by atoms with Gasteiger partial charge in [0.2, 0.25) is 11.8 Å². The van der Waals surface area contributed by atoms with Crippen LogP contribution in [0.4, 0.5) is 5.69 Å². The fraction of sp³-hybridized carbons (Fsp3) is 0.294. The van der Waals surface area contributed by atoms with Gasteiger partial charge in [-0.1, -0.05) is 35.0 Å².